The summed E-state index contributed by atoms with van der Waals surface area (Å²) in [5.41, 5.74) is 1.89. The summed E-state index contributed by atoms with van der Waals surface area (Å²) in [6, 6.07) is 6.40. The van der Waals surface area contributed by atoms with Crippen molar-refractivity contribution in [2.24, 2.45) is 0 Å². The molecule has 7 heteroatoms. The zero-order chi connectivity index (χ0) is 14.9. The Labute approximate surface area is 123 Å². The highest BCUT2D eigenvalue weighted by atomic mass is 32.2. The quantitative estimate of drug-likeness (QED) is 0.921. The summed E-state index contributed by atoms with van der Waals surface area (Å²) in [6.45, 7) is 1.53. The van der Waals surface area contributed by atoms with Crippen LogP contribution in [0.2, 0.25) is 0 Å². The second kappa shape index (κ2) is 5.42. The van der Waals surface area contributed by atoms with E-state index in [1.165, 1.54) is 18.6 Å². The molecule has 2 aromatic rings. The van der Waals surface area contributed by atoms with Crippen LogP contribution in [0.25, 0.3) is 0 Å². The number of benzene rings is 1. The lowest BCUT2D eigenvalue weighted by atomic mass is 10.1. The third kappa shape index (κ3) is 3.03. The molecule has 0 radical (unpaired) electrons. The first-order valence-corrected chi connectivity index (χ1v) is 8.44. The number of aromatic nitrogens is 2. The Balaban J connectivity index is 1.94. The van der Waals surface area contributed by atoms with Crippen LogP contribution in [-0.2, 0) is 22.8 Å². The zero-order valence-electron chi connectivity index (χ0n) is 11.5. The highest BCUT2D eigenvalue weighted by molar-refractivity contribution is 7.90. The van der Waals surface area contributed by atoms with E-state index in [9.17, 15) is 8.42 Å². The van der Waals surface area contributed by atoms with Crippen LogP contribution in [0.1, 0.15) is 11.3 Å². The minimum absolute atomic E-state index is 0.223. The summed E-state index contributed by atoms with van der Waals surface area (Å²) in [5.74, 6) is 0.919. The predicted octanol–water partition coefficient (Wildman–Crippen LogP) is 1.32. The molecule has 21 heavy (non-hydrogen) atoms. The van der Waals surface area contributed by atoms with E-state index in [2.05, 4.69) is 15.3 Å². The van der Waals surface area contributed by atoms with Gasteiger partial charge in [0.1, 0.15) is 12.1 Å². The number of nitrogens with zero attached hydrogens (tertiary/aromatic N) is 2. The summed E-state index contributed by atoms with van der Waals surface area (Å²) in [5, 5.41) is 3.25. The van der Waals surface area contributed by atoms with Crippen molar-refractivity contribution < 1.29 is 13.2 Å². The molecule has 1 aliphatic rings. The molecule has 0 fully saturated rings. The molecule has 0 bridgehead atoms. The fourth-order valence-corrected chi connectivity index (χ4v) is 2.87. The highest BCUT2D eigenvalue weighted by Gasteiger charge is 2.17. The van der Waals surface area contributed by atoms with E-state index in [0.717, 1.165) is 24.2 Å². The first kappa shape index (κ1) is 14.0. The van der Waals surface area contributed by atoms with Crippen LogP contribution in [0.5, 0.6) is 11.6 Å². The largest absolute Gasteiger partial charge is 0.439 e. The first-order chi connectivity index (χ1) is 10.0. The molecular weight excluding hydrogens is 290 g/mol. The van der Waals surface area contributed by atoms with E-state index < -0.39 is 9.84 Å². The monoisotopic (exact) mass is 305 g/mol. The fourth-order valence-electron chi connectivity index (χ4n) is 2.21. The molecule has 3 rings (SSSR count). The van der Waals surface area contributed by atoms with Crippen molar-refractivity contribution in [3.63, 3.8) is 0 Å². The van der Waals surface area contributed by atoms with Crippen LogP contribution in [-0.4, -0.2) is 31.2 Å². The summed E-state index contributed by atoms with van der Waals surface area (Å²) in [6.07, 6.45) is 3.47. The number of sulfone groups is 1. The van der Waals surface area contributed by atoms with Crippen molar-refractivity contribution in [3.05, 3.63) is 41.9 Å². The number of fused-ring (bicyclic) bond motifs is 1. The van der Waals surface area contributed by atoms with Gasteiger partial charge in [-0.2, -0.15) is 0 Å². The van der Waals surface area contributed by atoms with Crippen LogP contribution >= 0.6 is 0 Å². The topological polar surface area (TPSA) is 81.2 Å². The van der Waals surface area contributed by atoms with Gasteiger partial charge in [-0.15, -0.1) is 0 Å². The number of nitrogens with one attached hydrogen (secondary N) is 1. The molecule has 1 N–H and O–H groups in total. The summed E-state index contributed by atoms with van der Waals surface area (Å²) < 4.78 is 28.9. The van der Waals surface area contributed by atoms with Gasteiger partial charge in [-0.1, -0.05) is 6.07 Å². The first-order valence-electron chi connectivity index (χ1n) is 6.55. The van der Waals surface area contributed by atoms with E-state index in [4.69, 9.17) is 4.74 Å². The van der Waals surface area contributed by atoms with Gasteiger partial charge in [0.2, 0.25) is 5.88 Å². The molecule has 6 nitrogen and oxygen atoms in total. The van der Waals surface area contributed by atoms with Gasteiger partial charge >= 0.3 is 0 Å². The third-order valence-electron chi connectivity index (χ3n) is 3.28. The maximum atomic E-state index is 11.6. The van der Waals surface area contributed by atoms with Crippen molar-refractivity contribution in [2.45, 2.75) is 17.9 Å². The summed E-state index contributed by atoms with van der Waals surface area (Å²) in [4.78, 5) is 8.63. The second-order valence-electron chi connectivity index (χ2n) is 4.88. The molecule has 0 spiro atoms. The average molecular weight is 305 g/mol. The second-order valence-corrected chi connectivity index (χ2v) is 6.90. The van der Waals surface area contributed by atoms with Crippen LogP contribution in [0.15, 0.2) is 35.5 Å². The number of hydrogen-bond donors (Lipinski definition) is 1. The number of hydrogen-bond acceptors (Lipinski definition) is 6. The minimum atomic E-state index is -3.26. The maximum absolute atomic E-state index is 11.6. The van der Waals surface area contributed by atoms with Gasteiger partial charge < -0.3 is 10.1 Å². The van der Waals surface area contributed by atoms with Crippen LogP contribution in [0.4, 0.5) is 0 Å². The average Bonchev–Trinajstić information content (AvgIpc) is 2.47. The van der Waals surface area contributed by atoms with Gasteiger partial charge in [-0.05, 0) is 18.2 Å². The van der Waals surface area contributed by atoms with Gasteiger partial charge in [-0.25, -0.2) is 18.4 Å². The van der Waals surface area contributed by atoms with Crippen molar-refractivity contribution >= 4 is 9.84 Å². The molecule has 0 atom stereocenters. The number of rotatable bonds is 3. The Morgan fingerprint density at radius 2 is 2.14 bits per heavy atom. The molecule has 0 amide bonds. The van der Waals surface area contributed by atoms with E-state index in [1.54, 1.807) is 18.2 Å². The van der Waals surface area contributed by atoms with Crippen LogP contribution in [0.3, 0.4) is 0 Å². The summed E-state index contributed by atoms with van der Waals surface area (Å²) >= 11 is 0. The SMILES string of the molecule is CS(=O)(=O)c1cccc(Oc2ncnc3c2CNCC3)c1. The molecule has 0 saturated carbocycles. The van der Waals surface area contributed by atoms with E-state index in [1.807, 2.05) is 0 Å². The van der Waals surface area contributed by atoms with Gasteiger partial charge in [0.25, 0.3) is 0 Å². The molecule has 1 aliphatic heterocycles. The lowest BCUT2D eigenvalue weighted by molar-refractivity contribution is 0.443. The Hall–Kier alpha value is -1.99. The summed E-state index contributed by atoms with van der Waals surface area (Å²) in [7, 11) is -3.26. The standard InChI is InChI=1S/C14H15N3O3S/c1-21(18,19)11-4-2-3-10(7-11)20-14-12-8-15-6-5-13(12)16-9-17-14/h2-4,7,9,15H,5-6,8H2,1H3. The van der Waals surface area contributed by atoms with Gasteiger partial charge in [-0.3, -0.25) is 0 Å². The molecule has 0 saturated heterocycles. The lowest BCUT2D eigenvalue weighted by Gasteiger charge is -2.18. The third-order valence-corrected chi connectivity index (χ3v) is 4.39. The number of ether oxygens (including phenoxy) is 1. The Bertz CT molecular complexity index is 775. The fraction of sp³-hybridized carbons (Fsp3) is 0.286. The van der Waals surface area contributed by atoms with E-state index >= 15 is 0 Å². The molecule has 1 aromatic heterocycles. The molecule has 1 aromatic carbocycles. The van der Waals surface area contributed by atoms with E-state index in [0.29, 0.717) is 18.2 Å². The van der Waals surface area contributed by atoms with Gasteiger partial charge in [0.05, 0.1) is 16.2 Å². The normalized spacial score (nSPS) is 14.5. The van der Waals surface area contributed by atoms with Crippen molar-refractivity contribution in [2.75, 3.05) is 12.8 Å². The Kier molecular flexibility index (Phi) is 3.60. The van der Waals surface area contributed by atoms with Crippen molar-refractivity contribution in [1.29, 1.82) is 0 Å². The Morgan fingerprint density at radius 3 is 2.95 bits per heavy atom. The predicted molar refractivity (Wildman–Crippen MR) is 77.1 cm³/mol. The zero-order valence-corrected chi connectivity index (χ0v) is 12.4. The Morgan fingerprint density at radius 1 is 1.29 bits per heavy atom. The van der Waals surface area contributed by atoms with E-state index in [-0.39, 0.29) is 4.90 Å². The molecular formula is C14H15N3O3S. The molecule has 110 valence electrons. The molecule has 0 aliphatic carbocycles. The van der Waals surface area contributed by atoms with Crippen LogP contribution < -0.4 is 10.1 Å². The smallest absolute Gasteiger partial charge is 0.227 e. The lowest BCUT2D eigenvalue weighted by Crippen LogP contribution is -2.25. The van der Waals surface area contributed by atoms with Crippen molar-refractivity contribution in [3.8, 4) is 11.6 Å². The highest BCUT2D eigenvalue weighted by Crippen LogP contribution is 2.27. The van der Waals surface area contributed by atoms with Crippen LogP contribution in [0, 0.1) is 0 Å². The molecule has 2 heterocycles. The maximum Gasteiger partial charge on any atom is 0.227 e. The van der Waals surface area contributed by atoms with Gasteiger partial charge in [0, 0.05) is 25.8 Å². The minimum Gasteiger partial charge on any atom is -0.439 e. The van der Waals surface area contributed by atoms with Gasteiger partial charge in [0.15, 0.2) is 9.84 Å². The van der Waals surface area contributed by atoms with Crippen molar-refractivity contribution in [1.82, 2.24) is 15.3 Å². The molecule has 0 unspecified atom stereocenters.